The van der Waals surface area contributed by atoms with Crippen molar-refractivity contribution >= 4 is 11.8 Å². The molecular formula is C35H38O6S. The molecule has 0 unspecified atom stereocenters. The van der Waals surface area contributed by atoms with E-state index >= 15 is 0 Å². The van der Waals surface area contributed by atoms with Crippen LogP contribution in [0.1, 0.15) is 16.7 Å². The van der Waals surface area contributed by atoms with Crippen LogP contribution < -0.4 is 4.74 Å². The molecule has 220 valence electrons. The minimum absolute atomic E-state index is 0.353. The van der Waals surface area contributed by atoms with Gasteiger partial charge < -0.3 is 28.4 Å². The number of hydrogen-bond donors (Lipinski definition) is 0. The Bertz CT molecular complexity index is 1310. The number of benzene rings is 4. The third kappa shape index (κ3) is 8.44. The van der Waals surface area contributed by atoms with Crippen LogP contribution in [-0.2, 0) is 43.5 Å². The number of hydrogen-bond acceptors (Lipinski definition) is 7. The Kier molecular flexibility index (Phi) is 11.5. The highest BCUT2D eigenvalue weighted by Crippen LogP contribution is 2.38. The van der Waals surface area contributed by atoms with E-state index < -0.39 is 18.3 Å². The van der Waals surface area contributed by atoms with Gasteiger partial charge in [-0.1, -0.05) is 103 Å². The minimum atomic E-state index is -0.416. The summed E-state index contributed by atoms with van der Waals surface area (Å²) in [7, 11) is 3.36. The van der Waals surface area contributed by atoms with E-state index in [9.17, 15) is 0 Å². The van der Waals surface area contributed by atoms with Crippen molar-refractivity contribution in [3.63, 3.8) is 0 Å². The largest absolute Gasteiger partial charge is 0.497 e. The summed E-state index contributed by atoms with van der Waals surface area (Å²) in [4.78, 5) is 1.09. The summed E-state index contributed by atoms with van der Waals surface area (Å²) in [6.45, 7) is 1.65. The van der Waals surface area contributed by atoms with E-state index in [1.165, 1.54) is 0 Å². The number of rotatable bonds is 14. The van der Waals surface area contributed by atoms with Crippen LogP contribution in [0.3, 0.4) is 0 Å². The Morgan fingerprint density at radius 3 is 1.74 bits per heavy atom. The fourth-order valence-corrected chi connectivity index (χ4v) is 6.09. The van der Waals surface area contributed by atoms with Crippen LogP contribution >= 0.6 is 11.8 Å². The summed E-state index contributed by atoms with van der Waals surface area (Å²) in [5.74, 6) is 0.804. The lowest BCUT2D eigenvalue weighted by Gasteiger charge is -2.45. The molecule has 5 rings (SSSR count). The van der Waals surface area contributed by atoms with Crippen molar-refractivity contribution in [3.8, 4) is 5.75 Å². The highest BCUT2D eigenvalue weighted by molar-refractivity contribution is 7.99. The number of thioether (sulfide) groups is 1. The molecule has 0 aliphatic carbocycles. The average Bonchev–Trinajstić information content (AvgIpc) is 3.05. The molecule has 0 aromatic heterocycles. The molecular weight excluding hydrogens is 548 g/mol. The van der Waals surface area contributed by atoms with Gasteiger partial charge in [-0.3, -0.25) is 0 Å². The molecule has 1 heterocycles. The second kappa shape index (κ2) is 15.9. The molecule has 0 radical (unpaired) electrons. The predicted octanol–water partition coefficient (Wildman–Crippen LogP) is 6.91. The summed E-state index contributed by atoms with van der Waals surface area (Å²) in [6.07, 6.45) is -1.60. The van der Waals surface area contributed by atoms with Crippen LogP contribution in [0.5, 0.6) is 5.75 Å². The SMILES string of the molecule is COc1ccc(CO[C@H]2[C@@H](OC)[C@@H](COCc3ccccc3)O[C@@H](Sc3ccccc3)[C@@H]2OCc2ccccc2)cc1. The van der Waals surface area contributed by atoms with E-state index in [1.54, 1.807) is 26.0 Å². The highest BCUT2D eigenvalue weighted by Gasteiger charge is 2.48. The van der Waals surface area contributed by atoms with Gasteiger partial charge in [-0.05, 0) is 41.0 Å². The van der Waals surface area contributed by atoms with Crippen molar-refractivity contribution in [2.75, 3.05) is 20.8 Å². The van der Waals surface area contributed by atoms with Crippen molar-refractivity contribution < 1.29 is 28.4 Å². The first kappa shape index (κ1) is 30.3. The van der Waals surface area contributed by atoms with Gasteiger partial charge in [0.2, 0.25) is 0 Å². The molecule has 0 spiro atoms. The zero-order valence-electron chi connectivity index (χ0n) is 24.0. The first-order chi connectivity index (χ1) is 20.7. The molecule has 1 fully saturated rings. The predicted molar refractivity (Wildman–Crippen MR) is 164 cm³/mol. The van der Waals surface area contributed by atoms with Gasteiger partial charge in [0.05, 0.1) is 33.5 Å². The maximum absolute atomic E-state index is 6.74. The highest BCUT2D eigenvalue weighted by atomic mass is 32.2. The first-order valence-electron chi connectivity index (χ1n) is 14.1. The fourth-order valence-electron chi connectivity index (χ4n) is 4.94. The second-order valence-corrected chi connectivity index (χ2v) is 11.2. The van der Waals surface area contributed by atoms with Gasteiger partial charge in [-0.25, -0.2) is 0 Å². The van der Waals surface area contributed by atoms with Crippen LogP contribution in [0.2, 0.25) is 0 Å². The Balaban J connectivity index is 1.39. The van der Waals surface area contributed by atoms with Gasteiger partial charge >= 0.3 is 0 Å². The maximum Gasteiger partial charge on any atom is 0.137 e. The minimum Gasteiger partial charge on any atom is -0.497 e. The first-order valence-corrected chi connectivity index (χ1v) is 15.0. The van der Waals surface area contributed by atoms with Gasteiger partial charge in [0, 0.05) is 12.0 Å². The molecule has 0 amide bonds. The summed E-state index contributed by atoms with van der Waals surface area (Å²) >= 11 is 1.63. The summed E-state index contributed by atoms with van der Waals surface area (Å²) in [6, 6.07) is 38.4. The van der Waals surface area contributed by atoms with Gasteiger partial charge in [0.1, 0.15) is 35.6 Å². The smallest absolute Gasteiger partial charge is 0.137 e. The van der Waals surface area contributed by atoms with Crippen molar-refractivity contribution in [1.29, 1.82) is 0 Å². The van der Waals surface area contributed by atoms with Crippen LogP contribution in [0.15, 0.2) is 120 Å². The molecule has 1 aliphatic heterocycles. The molecule has 1 aliphatic rings. The third-order valence-electron chi connectivity index (χ3n) is 7.14. The van der Waals surface area contributed by atoms with Gasteiger partial charge in [0.15, 0.2) is 0 Å². The van der Waals surface area contributed by atoms with Gasteiger partial charge in [-0.2, -0.15) is 0 Å². The lowest BCUT2D eigenvalue weighted by atomic mass is 9.99. The molecule has 4 aromatic carbocycles. The Morgan fingerprint density at radius 1 is 0.595 bits per heavy atom. The Hall–Kier alpha value is -3.17. The van der Waals surface area contributed by atoms with Crippen molar-refractivity contribution in [3.05, 3.63) is 132 Å². The van der Waals surface area contributed by atoms with Crippen LogP contribution in [0, 0.1) is 0 Å². The van der Waals surface area contributed by atoms with Crippen molar-refractivity contribution in [1.82, 2.24) is 0 Å². The van der Waals surface area contributed by atoms with Gasteiger partial charge in [-0.15, -0.1) is 0 Å². The number of ether oxygens (including phenoxy) is 6. The molecule has 42 heavy (non-hydrogen) atoms. The quantitative estimate of drug-likeness (QED) is 0.159. The van der Waals surface area contributed by atoms with E-state index in [-0.39, 0.29) is 11.5 Å². The molecule has 0 bridgehead atoms. The summed E-state index contributed by atoms with van der Waals surface area (Å²) < 4.78 is 37.6. The Labute approximate surface area is 252 Å². The molecule has 7 heteroatoms. The van der Waals surface area contributed by atoms with Crippen molar-refractivity contribution in [2.45, 2.75) is 54.6 Å². The lowest BCUT2D eigenvalue weighted by molar-refractivity contribution is -0.247. The van der Waals surface area contributed by atoms with Crippen LogP contribution in [0.25, 0.3) is 0 Å². The maximum atomic E-state index is 6.74. The standard InChI is InChI=1S/C35H38O6S/c1-36-29-20-18-28(19-21-29)24-39-33-32(37-2)31(25-38-22-26-12-6-3-7-13-26)41-35(42-30-16-10-5-11-17-30)34(33)40-23-27-14-8-4-9-15-27/h3-21,31-35H,22-25H2,1-2H3/t31-,32+,33+,34-,35+/m1/s1. The summed E-state index contributed by atoms with van der Waals surface area (Å²) in [5.41, 5.74) is 2.86. The normalized spacial score (nSPS) is 22.1. The van der Waals surface area contributed by atoms with E-state index in [4.69, 9.17) is 28.4 Å². The molecule has 6 nitrogen and oxygen atoms in total. The topological polar surface area (TPSA) is 55.4 Å². The zero-order chi connectivity index (χ0) is 29.0. The number of methoxy groups -OCH3 is 2. The van der Waals surface area contributed by atoms with Gasteiger partial charge in [0.25, 0.3) is 0 Å². The van der Waals surface area contributed by atoms with Crippen molar-refractivity contribution in [2.24, 2.45) is 0 Å². The molecule has 0 N–H and O–H groups in total. The fraction of sp³-hybridized carbons (Fsp3) is 0.314. The summed E-state index contributed by atoms with van der Waals surface area (Å²) in [5, 5.41) is 0. The zero-order valence-corrected chi connectivity index (χ0v) is 24.9. The molecule has 4 aromatic rings. The van der Waals surface area contributed by atoms with Crippen LogP contribution in [-0.4, -0.2) is 50.7 Å². The van der Waals surface area contributed by atoms with E-state index in [1.807, 2.05) is 78.9 Å². The average molecular weight is 587 g/mol. The van der Waals surface area contributed by atoms with E-state index in [0.717, 1.165) is 27.3 Å². The lowest BCUT2D eigenvalue weighted by Crippen LogP contribution is -2.60. The molecule has 1 saturated heterocycles. The molecule has 5 atom stereocenters. The monoisotopic (exact) mass is 586 g/mol. The molecule has 0 saturated carbocycles. The van der Waals surface area contributed by atoms with E-state index in [0.29, 0.717) is 26.4 Å². The Morgan fingerprint density at radius 2 is 1.14 bits per heavy atom. The third-order valence-corrected chi connectivity index (χ3v) is 8.30. The van der Waals surface area contributed by atoms with E-state index in [2.05, 4.69) is 36.4 Å². The van der Waals surface area contributed by atoms with Crippen LogP contribution in [0.4, 0.5) is 0 Å². The second-order valence-electron chi connectivity index (χ2n) is 10.1.